The van der Waals surface area contributed by atoms with E-state index in [1.54, 1.807) is 0 Å². The highest BCUT2D eigenvalue weighted by molar-refractivity contribution is 4.86. The van der Waals surface area contributed by atoms with Gasteiger partial charge in [-0.2, -0.15) is 0 Å². The average molecular weight is 227 g/mol. The molecule has 1 aliphatic carbocycles. The Hall–Kier alpha value is -0.0800. The molecule has 2 atom stereocenters. The van der Waals surface area contributed by atoms with Gasteiger partial charge in [-0.05, 0) is 24.7 Å². The first-order valence-electron chi connectivity index (χ1n) is 7.02. The normalized spacial score (nSPS) is 22.3. The Bertz CT molecular complexity index is 174. The fourth-order valence-corrected chi connectivity index (χ4v) is 3.23. The SMILES string of the molecule is CCC(CC)C(N)C(OC)C1CCCCC1. The Kier molecular flexibility index (Phi) is 6.37. The Balaban J connectivity index is 2.56. The van der Waals surface area contributed by atoms with Crippen LogP contribution in [-0.2, 0) is 4.74 Å². The summed E-state index contributed by atoms with van der Waals surface area (Å²) < 4.78 is 5.71. The third kappa shape index (κ3) is 3.46. The molecular formula is C14H29NO. The molecule has 1 saturated carbocycles. The summed E-state index contributed by atoms with van der Waals surface area (Å²) in [5.74, 6) is 1.32. The van der Waals surface area contributed by atoms with Gasteiger partial charge in [0.2, 0.25) is 0 Å². The Morgan fingerprint density at radius 2 is 1.69 bits per heavy atom. The summed E-state index contributed by atoms with van der Waals surface area (Å²) in [5, 5.41) is 0. The smallest absolute Gasteiger partial charge is 0.0752 e. The molecule has 0 aromatic rings. The van der Waals surface area contributed by atoms with Crippen molar-refractivity contribution in [2.24, 2.45) is 17.6 Å². The van der Waals surface area contributed by atoms with Crippen LogP contribution in [0.15, 0.2) is 0 Å². The van der Waals surface area contributed by atoms with Gasteiger partial charge in [0.05, 0.1) is 6.10 Å². The quantitative estimate of drug-likeness (QED) is 0.755. The highest BCUT2D eigenvalue weighted by atomic mass is 16.5. The van der Waals surface area contributed by atoms with Gasteiger partial charge < -0.3 is 10.5 Å². The van der Waals surface area contributed by atoms with Gasteiger partial charge in [0.15, 0.2) is 0 Å². The van der Waals surface area contributed by atoms with Gasteiger partial charge >= 0.3 is 0 Å². The molecule has 0 spiro atoms. The van der Waals surface area contributed by atoms with Crippen molar-refractivity contribution in [3.63, 3.8) is 0 Å². The molecule has 0 saturated heterocycles. The standard InChI is InChI=1S/C14H29NO/c1-4-11(5-2)13(15)14(16-3)12-9-7-6-8-10-12/h11-14H,4-10,15H2,1-3H3. The molecule has 0 aromatic carbocycles. The topological polar surface area (TPSA) is 35.2 Å². The van der Waals surface area contributed by atoms with Crippen LogP contribution in [0.25, 0.3) is 0 Å². The van der Waals surface area contributed by atoms with Crippen molar-refractivity contribution in [1.29, 1.82) is 0 Å². The first-order valence-corrected chi connectivity index (χ1v) is 7.02. The minimum absolute atomic E-state index is 0.225. The zero-order valence-corrected chi connectivity index (χ0v) is 11.2. The molecular weight excluding hydrogens is 198 g/mol. The number of hydrogen-bond donors (Lipinski definition) is 1. The summed E-state index contributed by atoms with van der Waals surface area (Å²) in [5.41, 5.74) is 6.40. The van der Waals surface area contributed by atoms with Crippen molar-refractivity contribution < 1.29 is 4.74 Å². The predicted molar refractivity (Wildman–Crippen MR) is 69.4 cm³/mol. The van der Waals surface area contributed by atoms with E-state index in [1.165, 1.54) is 44.9 Å². The number of hydrogen-bond acceptors (Lipinski definition) is 2. The highest BCUT2D eigenvalue weighted by Gasteiger charge is 2.31. The molecule has 0 aromatic heterocycles. The van der Waals surface area contributed by atoms with E-state index in [2.05, 4.69) is 13.8 Å². The lowest BCUT2D eigenvalue weighted by Crippen LogP contribution is -2.46. The van der Waals surface area contributed by atoms with E-state index in [-0.39, 0.29) is 12.1 Å². The Labute approximate surface area is 101 Å². The summed E-state index contributed by atoms with van der Waals surface area (Å²) >= 11 is 0. The molecule has 0 aliphatic heterocycles. The summed E-state index contributed by atoms with van der Waals surface area (Å²) in [6.45, 7) is 4.48. The van der Waals surface area contributed by atoms with Crippen LogP contribution in [0.2, 0.25) is 0 Å². The maximum Gasteiger partial charge on any atom is 0.0752 e. The second-order valence-corrected chi connectivity index (χ2v) is 5.25. The fourth-order valence-electron chi connectivity index (χ4n) is 3.23. The lowest BCUT2D eigenvalue weighted by Gasteiger charge is -2.36. The monoisotopic (exact) mass is 227 g/mol. The van der Waals surface area contributed by atoms with Crippen molar-refractivity contribution >= 4 is 0 Å². The van der Waals surface area contributed by atoms with Crippen LogP contribution in [0.4, 0.5) is 0 Å². The van der Waals surface area contributed by atoms with Crippen molar-refractivity contribution in [3.05, 3.63) is 0 Å². The van der Waals surface area contributed by atoms with E-state index in [9.17, 15) is 0 Å². The molecule has 2 heteroatoms. The molecule has 16 heavy (non-hydrogen) atoms. The largest absolute Gasteiger partial charge is 0.380 e. The molecule has 1 rings (SSSR count). The van der Waals surface area contributed by atoms with Gasteiger partial charge in [-0.25, -0.2) is 0 Å². The summed E-state index contributed by atoms with van der Waals surface area (Å²) in [7, 11) is 1.83. The second kappa shape index (κ2) is 7.29. The number of methoxy groups -OCH3 is 1. The van der Waals surface area contributed by atoms with E-state index >= 15 is 0 Å². The lowest BCUT2D eigenvalue weighted by atomic mass is 9.78. The number of ether oxygens (including phenoxy) is 1. The third-order valence-electron chi connectivity index (χ3n) is 4.36. The van der Waals surface area contributed by atoms with Crippen molar-refractivity contribution in [3.8, 4) is 0 Å². The van der Waals surface area contributed by atoms with Crippen molar-refractivity contribution in [1.82, 2.24) is 0 Å². The van der Waals surface area contributed by atoms with Gasteiger partial charge in [0.25, 0.3) is 0 Å². The number of rotatable bonds is 6. The van der Waals surface area contributed by atoms with Crippen LogP contribution in [0.5, 0.6) is 0 Å². The van der Waals surface area contributed by atoms with E-state index in [0.29, 0.717) is 11.8 Å². The predicted octanol–water partition coefficient (Wildman–Crippen LogP) is 3.35. The molecule has 1 aliphatic rings. The van der Waals surface area contributed by atoms with Crippen molar-refractivity contribution in [2.75, 3.05) is 7.11 Å². The van der Waals surface area contributed by atoms with E-state index in [0.717, 1.165) is 0 Å². The van der Waals surface area contributed by atoms with Crippen LogP contribution in [-0.4, -0.2) is 19.3 Å². The van der Waals surface area contributed by atoms with Crippen LogP contribution in [0.1, 0.15) is 58.8 Å². The minimum atomic E-state index is 0.225. The Morgan fingerprint density at radius 3 is 2.12 bits per heavy atom. The summed E-state index contributed by atoms with van der Waals surface area (Å²) in [6, 6.07) is 0.225. The molecule has 1 fully saturated rings. The first-order chi connectivity index (χ1) is 7.74. The maximum absolute atomic E-state index is 6.40. The number of nitrogens with two attached hydrogens (primary N) is 1. The van der Waals surface area contributed by atoms with Crippen LogP contribution >= 0.6 is 0 Å². The molecule has 0 amide bonds. The van der Waals surface area contributed by atoms with Gasteiger partial charge in [-0.3, -0.25) is 0 Å². The van der Waals surface area contributed by atoms with E-state index in [1.807, 2.05) is 7.11 Å². The fraction of sp³-hybridized carbons (Fsp3) is 1.00. The molecule has 2 N–H and O–H groups in total. The summed E-state index contributed by atoms with van der Waals surface area (Å²) in [6.07, 6.45) is 9.37. The molecule has 0 bridgehead atoms. The molecule has 2 nitrogen and oxygen atoms in total. The van der Waals surface area contributed by atoms with Gasteiger partial charge in [0, 0.05) is 13.2 Å². The van der Waals surface area contributed by atoms with Crippen LogP contribution < -0.4 is 5.73 Å². The second-order valence-electron chi connectivity index (χ2n) is 5.25. The highest BCUT2D eigenvalue weighted by Crippen LogP contribution is 2.31. The first kappa shape index (κ1) is 14.0. The van der Waals surface area contributed by atoms with Gasteiger partial charge in [-0.1, -0.05) is 46.0 Å². The zero-order chi connectivity index (χ0) is 12.0. The van der Waals surface area contributed by atoms with Crippen LogP contribution in [0.3, 0.4) is 0 Å². The van der Waals surface area contributed by atoms with E-state index in [4.69, 9.17) is 10.5 Å². The zero-order valence-electron chi connectivity index (χ0n) is 11.2. The third-order valence-corrected chi connectivity index (χ3v) is 4.36. The van der Waals surface area contributed by atoms with Crippen molar-refractivity contribution in [2.45, 2.75) is 70.9 Å². The van der Waals surface area contributed by atoms with Gasteiger partial charge in [0.1, 0.15) is 0 Å². The summed E-state index contributed by atoms with van der Waals surface area (Å²) in [4.78, 5) is 0. The molecule has 0 heterocycles. The lowest BCUT2D eigenvalue weighted by molar-refractivity contribution is 0.00230. The molecule has 0 radical (unpaired) electrons. The maximum atomic E-state index is 6.40. The molecule has 2 unspecified atom stereocenters. The average Bonchev–Trinajstić information content (AvgIpc) is 2.33. The molecule has 96 valence electrons. The minimum Gasteiger partial charge on any atom is -0.380 e. The van der Waals surface area contributed by atoms with Crippen LogP contribution in [0, 0.1) is 11.8 Å². The van der Waals surface area contributed by atoms with E-state index < -0.39 is 0 Å². The Morgan fingerprint density at radius 1 is 1.12 bits per heavy atom. The van der Waals surface area contributed by atoms with Gasteiger partial charge in [-0.15, -0.1) is 0 Å².